The molecule has 5 rings (SSSR count). The summed E-state index contributed by atoms with van der Waals surface area (Å²) in [6.45, 7) is 1.93. The van der Waals surface area contributed by atoms with Crippen molar-refractivity contribution in [3.05, 3.63) is 77.1 Å². The molecule has 0 saturated heterocycles. The summed E-state index contributed by atoms with van der Waals surface area (Å²) in [6.07, 6.45) is 1.60. The number of anilines is 1. The SMILES string of the molecule is CC1=NN(c2ccc(S(N)(=O)=O)cc2)C(=O)/C1=C\c1ccc(-c2ccc3c(c2)COC3=O)o1. The summed E-state index contributed by atoms with van der Waals surface area (Å²) in [7, 11) is -3.83. The first-order valence-corrected chi connectivity index (χ1v) is 11.4. The monoisotopic (exact) mass is 463 g/mol. The third-order valence-electron chi connectivity index (χ3n) is 5.35. The van der Waals surface area contributed by atoms with E-state index >= 15 is 0 Å². The molecule has 1 amide bonds. The molecule has 0 atom stereocenters. The Labute approximate surface area is 188 Å². The average molecular weight is 463 g/mol. The lowest BCUT2D eigenvalue weighted by molar-refractivity contribution is -0.114. The van der Waals surface area contributed by atoms with Crippen LogP contribution in [0.25, 0.3) is 17.4 Å². The fourth-order valence-electron chi connectivity index (χ4n) is 3.65. The highest BCUT2D eigenvalue weighted by atomic mass is 32.2. The van der Waals surface area contributed by atoms with Gasteiger partial charge in [-0.05, 0) is 61.5 Å². The molecule has 33 heavy (non-hydrogen) atoms. The largest absolute Gasteiger partial charge is 0.457 e. The van der Waals surface area contributed by atoms with Gasteiger partial charge in [-0.25, -0.2) is 18.4 Å². The molecule has 1 aromatic heterocycles. The number of hydrogen-bond donors (Lipinski definition) is 1. The summed E-state index contributed by atoms with van der Waals surface area (Å²) in [5, 5.41) is 10.6. The highest BCUT2D eigenvalue weighted by Gasteiger charge is 2.29. The van der Waals surface area contributed by atoms with Crippen molar-refractivity contribution >= 4 is 39.4 Å². The molecule has 0 radical (unpaired) electrons. The third-order valence-corrected chi connectivity index (χ3v) is 6.28. The van der Waals surface area contributed by atoms with E-state index in [-0.39, 0.29) is 23.4 Å². The number of amides is 1. The minimum Gasteiger partial charge on any atom is -0.457 e. The normalized spacial score (nSPS) is 16.8. The number of primary sulfonamides is 1. The maximum absolute atomic E-state index is 13.0. The molecule has 10 heteroatoms. The van der Waals surface area contributed by atoms with Crippen LogP contribution in [0.2, 0.25) is 0 Å². The van der Waals surface area contributed by atoms with Crippen molar-refractivity contribution in [2.45, 2.75) is 18.4 Å². The van der Waals surface area contributed by atoms with E-state index in [0.717, 1.165) is 11.1 Å². The Morgan fingerprint density at radius 2 is 1.82 bits per heavy atom. The summed E-state index contributed by atoms with van der Waals surface area (Å²) in [4.78, 5) is 24.5. The molecule has 166 valence electrons. The van der Waals surface area contributed by atoms with E-state index in [1.165, 1.54) is 29.3 Å². The minimum atomic E-state index is -3.83. The lowest BCUT2D eigenvalue weighted by atomic mass is 10.0. The standard InChI is InChI=1S/C23H17N3O6S/c1-13-20(22(27)26(25-13)16-3-6-18(7-4-16)33(24,29)30)11-17-5-9-21(32-17)14-2-8-19-15(10-14)12-31-23(19)28/h2-11H,12H2,1H3,(H2,24,29,30)/b20-11-. The van der Waals surface area contributed by atoms with Gasteiger partial charge in [0.1, 0.15) is 18.1 Å². The van der Waals surface area contributed by atoms with Crippen LogP contribution in [-0.4, -0.2) is 26.0 Å². The number of fused-ring (bicyclic) bond motifs is 1. The number of rotatable bonds is 4. The second kappa shape index (κ2) is 7.54. The molecule has 0 spiro atoms. The number of furan rings is 1. The van der Waals surface area contributed by atoms with Crippen molar-refractivity contribution in [3.63, 3.8) is 0 Å². The Morgan fingerprint density at radius 1 is 1.06 bits per heavy atom. The maximum Gasteiger partial charge on any atom is 0.338 e. The number of benzene rings is 2. The van der Waals surface area contributed by atoms with Crippen LogP contribution in [0.1, 0.15) is 28.6 Å². The Kier molecular flexibility index (Phi) is 4.76. The number of carbonyl (C=O) groups is 2. The average Bonchev–Trinajstić information content (AvgIpc) is 3.48. The van der Waals surface area contributed by atoms with Gasteiger partial charge in [-0.2, -0.15) is 10.1 Å². The van der Waals surface area contributed by atoms with E-state index in [9.17, 15) is 18.0 Å². The van der Waals surface area contributed by atoms with E-state index in [4.69, 9.17) is 14.3 Å². The Hall–Kier alpha value is -4.02. The summed E-state index contributed by atoms with van der Waals surface area (Å²) in [5.41, 5.74) is 3.38. The Bertz CT molecular complexity index is 1480. The highest BCUT2D eigenvalue weighted by molar-refractivity contribution is 7.89. The smallest absolute Gasteiger partial charge is 0.338 e. The number of sulfonamides is 1. The molecule has 3 heterocycles. The highest BCUT2D eigenvalue weighted by Crippen LogP contribution is 2.30. The summed E-state index contributed by atoms with van der Waals surface area (Å²) in [5.74, 6) is 0.336. The first-order chi connectivity index (χ1) is 15.7. The fourth-order valence-corrected chi connectivity index (χ4v) is 4.17. The van der Waals surface area contributed by atoms with Gasteiger partial charge in [0.15, 0.2) is 0 Å². The Morgan fingerprint density at radius 3 is 2.55 bits per heavy atom. The molecule has 3 aromatic rings. The maximum atomic E-state index is 13.0. The van der Waals surface area contributed by atoms with Crippen molar-refractivity contribution < 1.29 is 27.2 Å². The molecule has 0 fully saturated rings. The molecule has 2 aliphatic heterocycles. The van der Waals surface area contributed by atoms with Crippen LogP contribution in [0.4, 0.5) is 5.69 Å². The minimum absolute atomic E-state index is 0.0556. The number of ether oxygens (including phenoxy) is 1. The van der Waals surface area contributed by atoms with Gasteiger partial charge < -0.3 is 9.15 Å². The zero-order valence-corrected chi connectivity index (χ0v) is 18.1. The van der Waals surface area contributed by atoms with Gasteiger partial charge in [-0.1, -0.05) is 6.07 Å². The number of hydrogen-bond acceptors (Lipinski definition) is 7. The number of nitrogens with zero attached hydrogens (tertiary/aromatic N) is 2. The van der Waals surface area contributed by atoms with Gasteiger partial charge in [-0.15, -0.1) is 0 Å². The molecule has 0 bridgehead atoms. The third kappa shape index (κ3) is 3.75. The number of esters is 1. The molecular weight excluding hydrogens is 446 g/mol. The van der Waals surface area contributed by atoms with Crippen LogP contribution >= 0.6 is 0 Å². The summed E-state index contributed by atoms with van der Waals surface area (Å²) < 4.78 is 33.8. The first kappa shape index (κ1) is 20.9. The van der Waals surface area contributed by atoms with E-state index in [1.807, 2.05) is 6.07 Å². The predicted octanol–water partition coefficient (Wildman–Crippen LogP) is 3.07. The lowest BCUT2D eigenvalue weighted by Gasteiger charge is -2.11. The zero-order valence-electron chi connectivity index (χ0n) is 17.3. The van der Waals surface area contributed by atoms with Gasteiger partial charge in [0, 0.05) is 11.1 Å². The second-order valence-corrected chi connectivity index (χ2v) is 9.11. The van der Waals surface area contributed by atoms with E-state index < -0.39 is 10.0 Å². The second-order valence-electron chi connectivity index (χ2n) is 7.55. The number of hydrazone groups is 1. The molecule has 0 saturated carbocycles. The van der Waals surface area contributed by atoms with Gasteiger partial charge in [0.25, 0.3) is 5.91 Å². The Balaban J connectivity index is 1.40. The van der Waals surface area contributed by atoms with Gasteiger partial charge in [0.2, 0.25) is 10.0 Å². The fraction of sp³-hybridized carbons (Fsp3) is 0.0870. The van der Waals surface area contributed by atoms with Crippen LogP contribution in [0.5, 0.6) is 0 Å². The number of carbonyl (C=O) groups excluding carboxylic acids is 2. The van der Waals surface area contributed by atoms with Gasteiger partial charge >= 0.3 is 5.97 Å². The van der Waals surface area contributed by atoms with Crippen LogP contribution in [-0.2, 0) is 26.2 Å². The zero-order chi connectivity index (χ0) is 23.3. The van der Waals surface area contributed by atoms with Crippen molar-refractivity contribution in [1.82, 2.24) is 0 Å². The van der Waals surface area contributed by atoms with Gasteiger partial charge in [-0.3, -0.25) is 4.79 Å². The van der Waals surface area contributed by atoms with Crippen molar-refractivity contribution in [2.24, 2.45) is 10.2 Å². The lowest BCUT2D eigenvalue weighted by Crippen LogP contribution is -2.21. The van der Waals surface area contributed by atoms with Crippen molar-refractivity contribution in [3.8, 4) is 11.3 Å². The predicted molar refractivity (Wildman–Crippen MR) is 120 cm³/mol. The van der Waals surface area contributed by atoms with Crippen LogP contribution < -0.4 is 10.1 Å². The van der Waals surface area contributed by atoms with E-state index in [2.05, 4.69) is 5.10 Å². The first-order valence-electron chi connectivity index (χ1n) is 9.85. The molecular formula is C23H17N3O6S. The van der Waals surface area contributed by atoms with Crippen molar-refractivity contribution in [2.75, 3.05) is 5.01 Å². The summed E-state index contributed by atoms with van der Waals surface area (Å²) in [6, 6.07) is 14.4. The van der Waals surface area contributed by atoms with Crippen LogP contribution in [0, 0.1) is 0 Å². The molecule has 2 aliphatic rings. The van der Waals surface area contributed by atoms with E-state index in [1.54, 1.807) is 37.3 Å². The molecule has 9 nitrogen and oxygen atoms in total. The molecule has 2 N–H and O–H groups in total. The molecule has 0 unspecified atom stereocenters. The molecule has 0 aliphatic carbocycles. The van der Waals surface area contributed by atoms with Crippen molar-refractivity contribution in [1.29, 1.82) is 0 Å². The quantitative estimate of drug-likeness (QED) is 0.467. The number of nitrogens with two attached hydrogens (primary N) is 1. The summed E-state index contributed by atoms with van der Waals surface area (Å²) >= 11 is 0. The van der Waals surface area contributed by atoms with Crippen LogP contribution in [0.3, 0.4) is 0 Å². The topological polar surface area (TPSA) is 132 Å². The van der Waals surface area contributed by atoms with E-state index in [0.29, 0.717) is 34.1 Å². The van der Waals surface area contributed by atoms with Gasteiger partial charge in [0.05, 0.1) is 27.4 Å². The molecule has 2 aromatic carbocycles. The number of cyclic esters (lactones) is 1. The van der Waals surface area contributed by atoms with Crippen LogP contribution in [0.15, 0.2) is 74.6 Å².